The monoisotopic (exact) mass is 299 g/mol. The van der Waals surface area contributed by atoms with Crippen LogP contribution in [0.25, 0.3) is 0 Å². The van der Waals surface area contributed by atoms with Gasteiger partial charge in [0.15, 0.2) is 0 Å². The maximum absolute atomic E-state index is 12.2. The van der Waals surface area contributed by atoms with Gasteiger partial charge < -0.3 is 15.7 Å². The molecule has 6 nitrogen and oxygen atoms in total. The van der Waals surface area contributed by atoms with Crippen molar-refractivity contribution in [3.8, 4) is 5.75 Å². The SMILES string of the molecule is CCc1ccc(O)c(NC(=O)c2ccc(C(=O)NC)nc2)c1. The molecule has 1 aromatic heterocycles. The van der Waals surface area contributed by atoms with E-state index in [1.165, 1.54) is 25.4 Å². The molecule has 2 amide bonds. The fraction of sp³-hybridized carbons (Fsp3) is 0.188. The highest BCUT2D eigenvalue weighted by Gasteiger charge is 2.11. The molecule has 0 aliphatic heterocycles. The Bertz CT molecular complexity index is 696. The zero-order valence-electron chi connectivity index (χ0n) is 12.4. The molecular formula is C16H17N3O3. The van der Waals surface area contributed by atoms with Gasteiger partial charge in [-0.2, -0.15) is 0 Å². The van der Waals surface area contributed by atoms with Crippen molar-refractivity contribution in [2.45, 2.75) is 13.3 Å². The fourth-order valence-electron chi connectivity index (χ4n) is 1.89. The van der Waals surface area contributed by atoms with Crippen LogP contribution in [0.4, 0.5) is 5.69 Å². The van der Waals surface area contributed by atoms with E-state index >= 15 is 0 Å². The summed E-state index contributed by atoms with van der Waals surface area (Å²) in [6.07, 6.45) is 2.12. The van der Waals surface area contributed by atoms with Crippen molar-refractivity contribution in [2.24, 2.45) is 0 Å². The number of hydrogen-bond acceptors (Lipinski definition) is 4. The maximum Gasteiger partial charge on any atom is 0.269 e. The van der Waals surface area contributed by atoms with Crippen molar-refractivity contribution >= 4 is 17.5 Å². The maximum atomic E-state index is 12.2. The molecule has 0 saturated carbocycles. The highest BCUT2D eigenvalue weighted by molar-refractivity contribution is 6.05. The van der Waals surface area contributed by atoms with Crippen molar-refractivity contribution in [2.75, 3.05) is 12.4 Å². The summed E-state index contributed by atoms with van der Waals surface area (Å²) in [5.41, 5.74) is 1.88. The minimum Gasteiger partial charge on any atom is -0.506 e. The van der Waals surface area contributed by atoms with Gasteiger partial charge in [0, 0.05) is 13.2 Å². The first-order valence-corrected chi connectivity index (χ1v) is 6.86. The van der Waals surface area contributed by atoms with Gasteiger partial charge in [0.2, 0.25) is 0 Å². The molecule has 0 saturated heterocycles. The lowest BCUT2D eigenvalue weighted by molar-refractivity contribution is 0.0955. The number of anilines is 1. The molecule has 3 N–H and O–H groups in total. The third-order valence-corrected chi connectivity index (χ3v) is 3.20. The fourth-order valence-corrected chi connectivity index (χ4v) is 1.89. The topological polar surface area (TPSA) is 91.3 Å². The number of carbonyl (C=O) groups is 2. The molecule has 0 unspecified atom stereocenters. The number of phenols is 1. The molecule has 0 atom stereocenters. The van der Waals surface area contributed by atoms with E-state index in [4.69, 9.17) is 0 Å². The summed E-state index contributed by atoms with van der Waals surface area (Å²) in [6, 6.07) is 8.04. The van der Waals surface area contributed by atoms with Gasteiger partial charge in [-0.1, -0.05) is 13.0 Å². The van der Waals surface area contributed by atoms with Crippen LogP contribution < -0.4 is 10.6 Å². The minimum atomic E-state index is -0.403. The van der Waals surface area contributed by atoms with Crippen LogP contribution >= 0.6 is 0 Å². The molecule has 0 aliphatic rings. The van der Waals surface area contributed by atoms with E-state index in [2.05, 4.69) is 15.6 Å². The Morgan fingerprint density at radius 1 is 1.18 bits per heavy atom. The summed E-state index contributed by atoms with van der Waals surface area (Å²) < 4.78 is 0. The quantitative estimate of drug-likeness (QED) is 0.753. The number of carbonyl (C=O) groups excluding carboxylic acids is 2. The Hall–Kier alpha value is -2.89. The summed E-state index contributed by atoms with van der Waals surface area (Å²) in [5.74, 6) is -0.722. The molecule has 0 bridgehead atoms. The van der Waals surface area contributed by atoms with Crippen LogP contribution in [0.1, 0.15) is 33.3 Å². The Balaban J connectivity index is 2.17. The number of nitrogens with one attached hydrogen (secondary N) is 2. The predicted octanol–water partition coefficient (Wildman–Crippen LogP) is 1.96. The van der Waals surface area contributed by atoms with Gasteiger partial charge in [0.25, 0.3) is 11.8 Å². The first-order chi connectivity index (χ1) is 10.5. The number of hydrogen-bond donors (Lipinski definition) is 3. The lowest BCUT2D eigenvalue weighted by atomic mass is 10.1. The van der Waals surface area contributed by atoms with E-state index in [0.29, 0.717) is 11.3 Å². The minimum absolute atomic E-state index is 0.000454. The second-order valence-electron chi connectivity index (χ2n) is 4.67. The summed E-state index contributed by atoms with van der Waals surface area (Å²) in [7, 11) is 1.51. The average molecular weight is 299 g/mol. The van der Waals surface area contributed by atoms with E-state index in [9.17, 15) is 14.7 Å². The van der Waals surface area contributed by atoms with Crippen molar-refractivity contribution in [1.29, 1.82) is 0 Å². The second kappa shape index (κ2) is 6.71. The van der Waals surface area contributed by atoms with Crippen LogP contribution in [-0.2, 0) is 6.42 Å². The van der Waals surface area contributed by atoms with E-state index in [1.54, 1.807) is 18.2 Å². The number of aromatic nitrogens is 1. The van der Waals surface area contributed by atoms with Gasteiger partial charge in [-0.05, 0) is 36.2 Å². The Morgan fingerprint density at radius 3 is 2.55 bits per heavy atom. The van der Waals surface area contributed by atoms with Crippen LogP contribution in [0.5, 0.6) is 5.75 Å². The molecule has 6 heteroatoms. The van der Waals surface area contributed by atoms with Crippen molar-refractivity contribution < 1.29 is 14.7 Å². The van der Waals surface area contributed by atoms with Gasteiger partial charge in [-0.15, -0.1) is 0 Å². The second-order valence-corrected chi connectivity index (χ2v) is 4.67. The van der Waals surface area contributed by atoms with Crippen LogP contribution in [0, 0.1) is 0 Å². The molecule has 0 fully saturated rings. The molecule has 2 aromatic rings. The number of rotatable bonds is 4. The highest BCUT2D eigenvalue weighted by atomic mass is 16.3. The van der Waals surface area contributed by atoms with Crippen molar-refractivity contribution in [3.05, 3.63) is 53.3 Å². The number of aromatic hydroxyl groups is 1. The Labute approximate surface area is 128 Å². The number of benzene rings is 1. The van der Waals surface area contributed by atoms with E-state index < -0.39 is 5.91 Å². The van der Waals surface area contributed by atoms with Crippen molar-refractivity contribution in [1.82, 2.24) is 10.3 Å². The van der Waals surface area contributed by atoms with Crippen LogP contribution in [-0.4, -0.2) is 29.0 Å². The summed E-state index contributed by atoms with van der Waals surface area (Å²) in [4.78, 5) is 27.5. The van der Waals surface area contributed by atoms with Crippen LogP contribution in [0.2, 0.25) is 0 Å². The molecular weight excluding hydrogens is 282 g/mol. The number of phenolic OH excluding ortho intramolecular Hbond substituents is 1. The first kappa shape index (κ1) is 15.5. The van der Waals surface area contributed by atoms with E-state index in [1.807, 2.05) is 6.92 Å². The van der Waals surface area contributed by atoms with Gasteiger partial charge in [0.05, 0.1) is 11.3 Å². The molecule has 22 heavy (non-hydrogen) atoms. The lowest BCUT2D eigenvalue weighted by Crippen LogP contribution is -2.20. The predicted molar refractivity (Wildman–Crippen MR) is 83.1 cm³/mol. The van der Waals surface area contributed by atoms with Gasteiger partial charge >= 0.3 is 0 Å². The molecule has 1 aromatic carbocycles. The highest BCUT2D eigenvalue weighted by Crippen LogP contribution is 2.25. The third-order valence-electron chi connectivity index (χ3n) is 3.20. The van der Waals surface area contributed by atoms with E-state index in [-0.39, 0.29) is 17.4 Å². The molecule has 0 aliphatic carbocycles. The summed E-state index contributed by atoms with van der Waals surface area (Å²) in [5, 5.41) is 14.9. The van der Waals surface area contributed by atoms with Crippen LogP contribution in [0.3, 0.4) is 0 Å². The molecule has 1 heterocycles. The van der Waals surface area contributed by atoms with Crippen LogP contribution in [0.15, 0.2) is 36.5 Å². The lowest BCUT2D eigenvalue weighted by Gasteiger charge is -2.09. The number of pyridine rings is 1. The molecule has 114 valence electrons. The Kier molecular flexibility index (Phi) is 4.73. The smallest absolute Gasteiger partial charge is 0.269 e. The largest absolute Gasteiger partial charge is 0.506 e. The first-order valence-electron chi connectivity index (χ1n) is 6.86. The Morgan fingerprint density at radius 2 is 1.95 bits per heavy atom. The number of aryl methyl sites for hydroxylation is 1. The zero-order chi connectivity index (χ0) is 16.1. The van der Waals surface area contributed by atoms with Gasteiger partial charge in [-0.25, -0.2) is 0 Å². The van der Waals surface area contributed by atoms with Crippen molar-refractivity contribution in [3.63, 3.8) is 0 Å². The van der Waals surface area contributed by atoms with E-state index in [0.717, 1.165) is 12.0 Å². The molecule has 2 rings (SSSR count). The third kappa shape index (κ3) is 3.41. The van der Waals surface area contributed by atoms with Gasteiger partial charge in [0.1, 0.15) is 11.4 Å². The molecule has 0 spiro atoms. The summed E-state index contributed by atoms with van der Waals surface area (Å²) in [6.45, 7) is 1.99. The number of nitrogens with zero attached hydrogens (tertiary/aromatic N) is 1. The standard InChI is InChI=1S/C16H17N3O3/c1-3-10-4-7-14(20)13(8-10)19-15(21)11-5-6-12(18-9-11)16(22)17-2/h4-9,20H,3H2,1-2H3,(H,17,22)(H,19,21). The molecule has 0 radical (unpaired) electrons. The number of amides is 2. The normalized spacial score (nSPS) is 10.1. The zero-order valence-corrected chi connectivity index (χ0v) is 12.4. The van der Waals surface area contributed by atoms with Gasteiger partial charge in [-0.3, -0.25) is 14.6 Å². The summed E-state index contributed by atoms with van der Waals surface area (Å²) >= 11 is 0. The average Bonchev–Trinajstić information content (AvgIpc) is 2.56.